The number of methoxy groups -OCH3 is 1. The molecule has 2 atom stereocenters. The van der Waals surface area contributed by atoms with E-state index in [2.05, 4.69) is 11.9 Å². The monoisotopic (exact) mass is 262 g/mol. The Bertz CT molecular complexity index is 461. The molecule has 0 spiro atoms. The van der Waals surface area contributed by atoms with E-state index in [0.717, 1.165) is 24.8 Å². The fourth-order valence-electron chi connectivity index (χ4n) is 3.01. The first-order valence-corrected chi connectivity index (χ1v) is 6.84. The number of hydrogen-bond donors (Lipinski definition) is 1. The van der Waals surface area contributed by atoms with Crippen molar-refractivity contribution in [3.8, 4) is 0 Å². The number of aromatic nitrogens is 1. The zero-order valence-corrected chi connectivity index (χ0v) is 11.7. The second-order valence-corrected chi connectivity index (χ2v) is 5.59. The van der Waals surface area contributed by atoms with Crippen molar-refractivity contribution < 1.29 is 9.53 Å². The number of ether oxygens (including phenoxy) is 1. The van der Waals surface area contributed by atoms with Gasteiger partial charge in [-0.1, -0.05) is 13.3 Å². The van der Waals surface area contributed by atoms with E-state index in [1.807, 2.05) is 6.07 Å². The maximum atomic E-state index is 12.6. The van der Waals surface area contributed by atoms with Crippen molar-refractivity contribution in [3.05, 3.63) is 23.9 Å². The second-order valence-electron chi connectivity index (χ2n) is 5.59. The number of rotatable bonds is 4. The molecule has 0 saturated heterocycles. The van der Waals surface area contributed by atoms with Gasteiger partial charge in [0.2, 0.25) is 0 Å². The van der Waals surface area contributed by atoms with Crippen molar-refractivity contribution >= 4 is 11.6 Å². The summed E-state index contributed by atoms with van der Waals surface area (Å²) in [5, 5.41) is 0. The van der Waals surface area contributed by atoms with Gasteiger partial charge in [0.25, 0.3) is 0 Å². The maximum absolute atomic E-state index is 12.6. The predicted octanol–water partition coefficient (Wildman–Crippen LogP) is 2.37. The summed E-state index contributed by atoms with van der Waals surface area (Å²) in [6.07, 6.45) is 5.89. The molecule has 4 heteroatoms. The molecule has 1 fully saturated rings. The highest BCUT2D eigenvalue weighted by molar-refractivity contribution is 5.89. The highest BCUT2D eigenvalue weighted by Gasteiger charge is 2.41. The maximum Gasteiger partial charge on any atom is 0.168 e. The number of ketones is 1. The molecule has 0 aromatic carbocycles. The zero-order valence-electron chi connectivity index (χ0n) is 11.7. The van der Waals surface area contributed by atoms with Gasteiger partial charge in [0.1, 0.15) is 11.4 Å². The van der Waals surface area contributed by atoms with E-state index in [-0.39, 0.29) is 5.78 Å². The Morgan fingerprint density at radius 2 is 2.42 bits per heavy atom. The van der Waals surface area contributed by atoms with Gasteiger partial charge in [-0.2, -0.15) is 0 Å². The van der Waals surface area contributed by atoms with Gasteiger partial charge in [0.15, 0.2) is 5.78 Å². The summed E-state index contributed by atoms with van der Waals surface area (Å²) in [7, 11) is 1.65. The minimum atomic E-state index is -0.601. The summed E-state index contributed by atoms with van der Waals surface area (Å²) in [4.78, 5) is 16.5. The van der Waals surface area contributed by atoms with Crippen LogP contribution in [0.25, 0.3) is 0 Å². The molecule has 2 N–H and O–H groups in total. The third kappa shape index (κ3) is 3.13. The molecular formula is C15H22N2O2. The average molecular weight is 262 g/mol. The van der Waals surface area contributed by atoms with E-state index < -0.39 is 5.60 Å². The Kier molecular flexibility index (Phi) is 4.20. The summed E-state index contributed by atoms with van der Waals surface area (Å²) < 4.78 is 5.62. The summed E-state index contributed by atoms with van der Waals surface area (Å²) in [5.74, 6) is 1.15. The fourth-order valence-corrected chi connectivity index (χ4v) is 3.01. The highest BCUT2D eigenvalue weighted by atomic mass is 16.5. The lowest BCUT2D eigenvalue weighted by Gasteiger charge is -2.37. The predicted molar refractivity (Wildman–Crippen MR) is 74.7 cm³/mol. The summed E-state index contributed by atoms with van der Waals surface area (Å²) in [5.41, 5.74) is 5.95. The van der Waals surface area contributed by atoms with E-state index >= 15 is 0 Å². The number of carbonyl (C=O) groups is 1. The molecule has 1 saturated carbocycles. The molecular weight excluding hydrogens is 240 g/mol. The average Bonchev–Trinajstić information content (AvgIpc) is 2.38. The van der Waals surface area contributed by atoms with Gasteiger partial charge in [0.05, 0.1) is 0 Å². The summed E-state index contributed by atoms with van der Waals surface area (Å²) >= 11 is 0. The van der Waals surface area contributed by atoms with Crippen molar-refractivity contribution in [2.45, 2.75) is 44.6 Å². The largest absolute Gasteiger partial charge is 0.384 e. The van der Waals surface area contributed by atoms with Crippen LogP contribution in [0.4, 0.5) is 5.82 Å². The van der Waals surface area contributed by atoms with Gasteiger partial charge in [0, 0.05) is 19.7 Å². The van der Waals surface area contributed by atoms with E-state index in [9.17, 15) is 4.79 Å². The minimum absolute atomic E-state index is 0.159. The Hall–Kier alpha value is -1.42. The van der Waals surface area contributed by atoms with Crippen LogP contribution in [0.1, 0.15) is 38.2 Å². The lowest BCUT2D eigenvalue weighted by atomic mass is 9.75. The first-order chi connectivity index (χ1) is 9.05. The van der Waals surface area contributed by atoms with Crippen LogP contribution >= 0.6 is 0 Å². The van der Waals surface area contributed by atoms with E-state index in [0.29, 0.717) is 18.2 Å². The lowest BCUT2D eigenvalue weighted by Crippen LogP contribution is -2.45. The summed E-state index contributed by atoms with van der Waals surface area (Å²) in [6.45, 7) is 2.19. The molecule has 1 aromatic rings. The van der Waals surface area contributed by atoms with E-state index in [1.165, 1.54) is 6.42 Å². The molecule has 1 heterocycles. The Morgan fingerprint density at radius 3 is 3.05 bits per heavy atom. The van der Waals surface area contributed by atoms with Crippen LogP contribution in [0.15, 0.2) is 18.3 Å². The number of anilines is 1. The molecule has 0 amide bonds. The number of carbonyl (C=O) groups excluding carboxylic acids is 1. The molecule has 1 aliphatic rings. The van der Waals surface area contributed by atoms with Crippen LogP contribution in [0.3, 0.4) is 0 Å². The molecule has 4 nitrogen and oxygen atoms in total. The number of Topliss-reactive ketones (excluding diaryl/α,β-unsaturated/α-hetero) is 1. The van der Waals surface area contributed by atoms with Gasteiger partial charge in [-0.25, -0.2) is 4.98 Å². The summed E-state index contributed by atoms with van der Waals surface area (Å²) in [6, 6.07) is 3.59. The van der Waals surface area contributed by atoms with Crippen molar-refractivity contribution in [2.24, 2.45) is 5.92 Å². The zero-order chi connectivity index (χ0) is 13.9. The number of hydrogen-bond acceptors (Lipinski definition) is 4. The number of nitrogens with two attached hydrogens (primary N) is 1. The van der Waals surface area contributed by atoms with Crippen LogP contribution < -0.4 is 5.73 Å². The van der Waals surface area contributed by atoms with Crippen LogP contribution in [-0.2, 0) is 16.0 Å². The number of nitrogens with zero attached hydrogens (tertiary/aromatic N) is 1. The topological polar surface area (TPSA) is 65.2 Å². The van der Waals surface area contributed by atoms with Crippen LogP contribution in [0.2, 0.25) is 0 Å². The molecule has 0 aliphatic heterocycles. The number of pyridine rings is 1. The van der Waals surface area contributed by atoms with Gasteiger partial charge in [-0.05, 0) is 42.9 Å². The molecule has 2 rings (SSSR count). The third-order valence-electron chi connectivity index (χ3n) is 4.06. The minimum Gasteiger partial charge on any atom is -0.384 e. The lowest BCUT2D eigenvalue weighted by molar-refractivity contribution is -0.146. The Labute approximate surface area is 114 Å². The van der Waals surface area contributed by atoms with Gasteiger partial charge in [-0.3, -0.25) is 4.79 Å². The first kappa shape index (κ1) is 14.0. The van der Waals surface area contributed by atoms with Crippen LogP contribution in [0, 0.1) is 5.92 Å². The molecule has 2 unspecified atom stereocenters. The fraction of sp³-hybridized carbons (Fsp3) is 0.600. The quantitative estimate of drug-likeness (QED) is 0.904. The molecule has 104 valence electrons. The number of nitrogen functional groups attached to an aromatic ring is 1. The van der Waals surface area contributed by atoms with Crippen LogP contribution in [-0.4, -0.2) is 23.5 Å². The van der Waals surface area contributed by atoms with Gasteiger partial charge < -0.3 is 10.5 Å². The highest BCUT2D eigenvalue weighted by Crippen LogP contribution is 2.36. The van der Waals surface area contributed by atoms with Crippen molar-refractivity contribution in [1.82, 2.24) is 4.98 Å². The van der Waals surface area contributed by atoms with E-state index in [4.69, 9.17) is 10.5 Å². The van der Waals surface area contributed by atoms with Crippen molar-refractivity contribution in [1.29, 1.82) is 0 Å². The molecule has 1 aromatic heterocycles. The Morgan fingerprint density at radius 1 is 1.63 bits per heavy atom. The Balaban J connectivity index is 2.13. The third-order valence-corrected chi connectivity index (χ3v) is 4.06. The van der Waals surface area contributed by atoms with Gasteiger partial charge >= 0.3 is 0 Å². The molecule has 19 heavy (non-hydrogen) atoms. The second kappa shape index (κ2) is 5.70. The van der Waals surface area contributed by atoms with Gasteiger partial charge in [-0.15, -0.1) is 0 Å². The first-order valence-electron chi connectivity index (χ1n) is 6.84. The van der Waals surface area contributed by atoms with E-state index in [1.54, 1.807) is 19.4 Å². The molecule has 1 aliphatic carbocycles. The smallest absolute Gasteiger partial charge is 0.168 e. The molecule has 0 radical (unpaired) electrons. The van der Waals surface area contributed by atoms with Crippen LogP contribution in [0.5, 0.6) is 0 Å². The standard InChI is InChI=1S/C15H22N2O2/c1-11-4-3-6-15(10-11,19-2)13(18)8-12-5-7-17-14(16)9-12/h5,7,9,11H,3-4,6,8,10H2,1-2H3,(H2,16,17). The SMILES string of the molecule is COC1(C(=O)Cc2ccnc(N)c2)CCCC(C)C1. The van der Waals surface area contributed by atoms with Crippen molar-refractivity contribution in [2.75, 3.05) is 12.8 Å². The normalized spacial score (nSPS) is 27.2. The molecule has 0 bridgehead atoms. The van der Waals surface area contributed by atoms with Crippen molar-refractivity contribution in [3.63, 3.8) is 0 Å².